The van der Waals surface area contributed by atoms with Crippen LogP contribution in [0.5, 0.6) is 0 Å². The van der Waals surface area contributed by atoms with Gasteiger partial charge in [-0.15, -0.1) is 0 Å². The summed E-state index contributed by atoms with van der Waals surface area (Å²) in [6, 6.07) is 7.09. The summed E-state index contributed by atoms with van der Waals surface area (Å²) in [6.45, 7) is 5.56. The first-order chi connectivity index (χ1) is 10.4. The largest absolute Gasteiger partial charge is 0.469 e. The molecule has 0 aliphatic rings. The fraction of sp³-hybridized carbons (Fsp3) is 0.500. The molecule has 122 valence electrons. The second kappa shape index (κ2) is 9.43. The molecule has 1 aromatic rings. The van der Waals surface area contributed by atoms with Gasteiger partial charge in [0.25, 0.3) is 0 Å². The third kappa shape index (κ3) is 6.91. The normalized spacial score (nSPS) is 10.8. The maximum atomic E-state index is 12.1. The van der Waals surface area contributed by atoms with Crippen molar-refractivity contribution < 1.29 is 14.3 Å². The lowest BCUT2D eigenvalue weighted by molar-refractivity contribution is -0.141. The van der Waals surface area contributed by atoms with Crippen LogP contribution in [-0.4, -0.2) is 43.5 Å². The molecule has 0 aromatic heterocycles. The van der Waals surface area contributed by atoms with Gasteiger partial charge in [-0.3, -0.25) is 14.5 Å². The van der Waals surface area contributed by atoms with Crippen molar-refractivity contribution in [2.24, 2.45) is 5.92 Å². The lowest BCUT2D eigenvalue weighted by Gasteiger charge is -2.23. The number of para-hydroxylation sites is 1. The third-order valence-electron chi connectivity index (χ3n) is 3.00. The fourth-order valence-corrected chi connectivity index (χ4v) is 2.24. The summed E-state index contributed by atoms with van der Waals surface area (Å²) in [5.41, 5.74) is 0.589. The summed E-state index contributed by atoms with van der Waals surface area (Å²) in [5.74, 6) is -0.0374. The molecule has 0 aliphatic heterocycles. The van der Waals surface area contributed by atoms with E-state index in [1.165, 1.54) is 7.11 Å². The minimum Gasteiger partial charge on any atom is -0.469 e. The van der Waals surface area contributed by atoms with Gasteiger partial charge in [-0.1, -0.05) is 37.6 Å². The number of halogens is 1. The molecule has 0 spiro atoms. The van der Waals surface area contributed by atoms with Gasteiger partial charge < -0.3 is 10.1 Å². The highest BCUT2D eigenvalue weighted by Crippen LogP contribution is 2.20. The highest BCUT2D eigenvalue weighted by molar-refractivity contribution is 6.33. The summed E-state index contributed by atoms with van der Waals surface area (Å²) in [6.07, 6.45) is 0.266. The number of rotatable bonds is 8. The molecule has 0 saturated carbocycles. The van der Waals surface area contributed by atoms with Gasteiger partial charge in [-0.25, -0.2) is 0 Å². The van der Waals surface area contributed by atoms with Crippen molar-refractivity contribution in [3.05, 3.63) is 29.3 Å². The molecule has 0 unspecified atom stereocenters. The Morgan fingerprint density at radius 2 is 2.00 bits per heavy atom. The quantitative estimate of drug-likeness (QED) is 0.746. The maximum absolute atomic E-state index is 12.1. The summed E-state index contributed by atoms with van der Waals surface area (Å²) in [5, 5.41) is 3.29. The molecule has 5 nitrogen and oxygen atoms in total. The lowest BCUT2D eigenvalue weighted by Crippen LogP contribution is -2.37. The number of nitrogens with one attached hydrogen (secondary N) is 1. The van der Waals surface area contributed by atoms with E-state index in [4.69, 9.17) is 11.6 Å². The van der Waals surface area contributed by atoms with Gasteiger partial charge in [0.15, 0.2) is 0 Å². The molecular formula is C16H23ClN2O3. The Labute approximate surface area is 136 Å². The van der Waals surface area contributed by atoms with Gasteiger partial charge in [0.2, 0.25) is 5.91 Å². The summed E-state index contributed by atoms with van der Waals surface area (Å²) >= 11 is 6.02. The molecule has 1 N–H and O–H groups in total. The topological polar surface area (TPSA) is 58.6 Å². The van der Waals surface area contributed by atoms with Crippen LogP contribution in [0.25, 0.3) is 0 Å². The van der Waals surface area contributed by atoms with Crippen molar-refractivity contribution in [2.75, 3.05) is 32.1 Å². The number of hydrogen-bond donors (Lipinski definition) is 1. The lowest BCUT2D eigenvalue weighted by atomic mass is 10.2. The van der Waals surface area contributed by atoms with Crippen LogP contribution in [0.4, 0.5) is 5.69 Å². The standard InChI is InChI=1S/C16H23ClN2O3/c1-12(2)10-19(9-8-16(21)22-3)11-15(20)18-14-7-5-4-6-13(14)17/h4-7,12H,8-11H2,1-3H3,(H,18,20). The molecule has 0 saturated heterocycles. The number of amides is 1. The van der Waals surface area contributed by atoms with E-state index in [0.717, 1.165) is 6.54 Å². The molecule has 1 rings (SSSR count). The molecule has 22 heavy (non-hydrogen) atoms. The van der Waals surface area contributed by atoms with Gasteiger partial charge in [0.1, 0.15) is 0 Å². The van der Waals surface area contributed by atoms with Gasteiger partial charge in [0, 0.05) is 13.1 Å². The van der Waals surface area contributed by atoms with Crippen LogP contribution < -0.4 is 5.32 Å². The van der Waals surface area contributed by atoms with Crippen LogP contribution in [0.2, 0.25) is 5.02 Å². The predicted octanol–water partition coefficient (Wildman–Crippen LogP) is 2.80. The smallest absolute Gasteiger partial charge is 0.306 e. The Morgan fingerprint density at radius 1 is 1.32 bits per heavy atom. The van der Waals surface area contributed by atoms with E-state index < -0.39 is 0 Å². The highest BCUT2D eigenvalue weighted by atomic mass is 35.5. The van der Waals surface area contributed by atoms with E-state index in [1.54, 1.807) is 18.2 Å². The van der Waals surface area contributed by atoms with E-state index in [2.05, 4.69) is 23.9 Å². The molecule has 0 aliphatic carbocycles. The first-order valence-electron chi connectivity index (χ1n) is 7.26. The van der Waals surface area contributed by atoms with Gasteiger partial charge >= 0.3 is 5.97 Å². The van der Waals surface area contributed by atoms with Gasteiger partial charge in [-0.2, -0.15) is 0 Å². The van der Waals surface area contributed by atoms with Crippen molar-refractivity contribution in [2.45, 2.75) is 20.3 Å². The Morgan fingerprint density at radius 3 is 2.59 bits per heavy atom. The molecule has 0 bridgehead atoms. The first kappa shape index (κ1) is 18.5. The van der Waals surface area contributed by atoms with Gasteiger partial charge in [-0.05, 0) is 18.1 Å². The Kier molecular flexibility index (Phi) is 7.91. The SMILES string of the molecule is COC(=O)CCN(CC(=O)Nc1ccccc1Cl)CC(C)C. The van der Waals surface area contributed by atoms with Gasteiger partial charge in [0.05, 0.1) is 30.8 Å². The number of anilines is 1. The second-order valence-corrected chi connectivity index (χ2v) is 5.89. The Balaban J connectivity index is 2.58. The number of methoxy groups -OCH3 is 1. The van der Waals surface area contributed by atoms with E-state index in [1.807, 2.05) is 11.0 Å². The number of carbonyl (C=O) groups is 2. The van der Waals surface area contributed by atoms with Crippen LogP contribution in [0, 0.1) is 5.92 Å². The molecule has 0 heterocycles. The average Bonchev–Trinajstić information content (AvgIpc) is 2.46. The zero-order chi connectivity index (χ0) is 16.5. The molecule has 1 amide bonds. The molecule has 0 fully saturated rings. The number of benzene rings is 1. The Bertz CT molecular complexity index is 506. The summed E-state index contributed by atoms with van der Waals surface area (Å²) in [4.78, 5) is 25.3. The number of ether oxygens (including phenoxy) is 1. The van der Waals surface area contributed by atoms with Crippen molar-refractivity contribution in [3.8, 4) is 0 Å². The van der Waals surface area contributed by atoms with E-state index in [0.29, 0.717) is 23.2 Å². The van der Waals surface area contributed by atoms with Crippen LogP contribution in [-0.2, 0) is 14.3 Å². The van der Waals surface area contributed by atoms with E-state index >= 15 is 0 Å². The molecule has 0 atom stereocenters. The van der Waals surface area contributed by atoms with Crippen LogP contribution in [0.1, 0.15) is 20.3 Å². The number of esters is 1. The minimum absolute atomic E-state index is 0.154. The van der Waals surface area contributed by atoms with Crippen molar-refractivity contribution in [1.82, 2.24) is 4.90 Å². The summed E-state index contributed by atoms with van der Waals surface area (Å²) < 4.78 is 4.64. The average molecular weight is 327 g/mol. The number of nitrogens with zero attached hydrogens (tertiary/aromatic N) is 1. The third-order valence-corrected chi connectivity index (χ3v) is 3.33. The van der Waals surface area contributed by atoms with E-state index in [-0.39, 0.29) is 24.8 Å². The summed E-state index contributed by atoms with van der Waals surface area (Å²) in [7, 11) is 1.36. The first-order valence-corrected chi connectivity index (χ1v) is 7.63. The van der Waals surface area contributed by atoms with Crippen molar-refractivity contribution >= 4 is 29.2 Å². The molecule has 1 aromatic carbocycles. The zero-order valence-corrected chi connectivity index (χ0v) is 14.0. The van der Waals surface area contributed by atoms with Crippen molar-refractivity contribution in [3.63, 3.8) is 0 Å². The van der Waals surface area contributed by atoms with Crippen molar-refractivity contribution in [1.29, 1.82) is 0 Å². The molecule has 0 radical (unpaired) electrons. The number of hydrogen-bond acceptors (Lipinski definition) is 4. The molecule has 6 heteroatoms. The van der Waals surface area contributed by atoms with E-state index in [9.17, 15) is 9.59 Å². The minimum atomic E-state index is -0.278. The zero-order valence-electron chi connectivity index (χ0n) is 13.3. The maximum Gasteiger partial charge on any atom is 0.306 e. The predicted molar refractivity (Wildman–Crippen MR) is 88.0 cm³/mol. The second-order valence-electron chi connectivity index (χ2n) is 5.48. The Hall–Kier alpha value is -1.59. The van der Waals surface area contributed by atoms with Crippen LogP contribution >= 0.6 is 11.6 Å². The molecular weight excluding hydrogens is 304 g/mol. The monoisotopic (exact) mass is 326 g/mol. The van der Waals surface area contributed by atoms with Crippen LogP contribution in [0.15, 0.2) is 24.3 Å². The number of carbonyl (C=O) groups excluding carboxylic acids is 2. The fourth-order valence-electron chi connectivity index (χ4n) is 2.06. The van der Waals surface area contributed by atoms with Crippen LogP contribution in [0.3, 0.4) is 0 Å². The highest BCUT2D eigenvalue weighted by Gasteiger charge is 2.15.